The third-order valence-corrected chi connectivity index (χ3v) is 0.243. The molecular formula is C5H9F3O2. The van der Waals surface area contributed by atoms with E-state index in [0.717, 1.165) is 0 Å². The van der Waals surface area contributed by atoms with Crippen molar-refractivity contribution >= 4 is 5.97 Å². The predicted octanol–water partition coefficient (Wildman–Crippen LogP) is 2.05. The molecule has 0 radical (unpaired) electrons. The maximum Gasteiger partial charge on any atom is 0.490 e. The number of alkyl halides is 3. The zero-order valence-electron chi connectivity index (χ0n) is 5.70. The van der Waals surface area contributed by atoms with E-state index in [9.17, 15) is 13.2 Å². The summed E-state index contributed by atoms with van der Waals surface area (Å²) >= 11 is 0. The highest BCUT2D eigenvalue weighted by Crippen LogP contribution is 2.13. The fourth-order valence-electron chi connectivity index (χ4n) is 0. The third-order valence-electron chi connectivity index (χ3n) is 0.243. The second kappa shape index (κ2) is 5.08. The Kier molecular flexibility index (Phi) is 6.09. The van der Waals surface area contributed by atoms with Crippen molar-refractivity contribution in [1.82, 2.24) is 0 Å². The minimum absolute atomic E-state index is 1.25. The highest BCUT2D eigenvalue weighted by atomic mass is 19.4. The Morgan fingerprint density at radius 3 is 1.50 bits per heavy atom. The molecule has 62 valence electrons. The predicted molar refractivity (Wildman–Crippen MR) is 29.7 cm³/mol. The van der Waals surface area contributed by atoms with Gasteiger partial charge in [-0.3, -0.25) is 0 Å². The van der Waals surface area contributed by atoms with Crippen LogP contribution in [-0.2, 0) is 4.79 Å². The van der Waals surface area contributed by atoms with E-state index in [1.165, 1.54) is 6.42 Å². The molecule has 0 aliphatic rings. The summed E-state index contributed by atoms with van der Waals surface area (Å²) in [6, 6.07) is 0. The first kappa shape index (κ1) is 12.0. The number of carbonyl (C=O) groups is 1. The number of rotatable bonds is 0. The van der Waals surface area contributed by atoms with Gasteiger partial charge in [0, 0.05) is 0 Å². The van der Waals surface area contributed by atoms with Crippen LogP contribution < -0.4 is 0 Å². The number of hydrogen-bond acceptors (Lipinski definition) is 1. The molecule has 0 aromatic heterocycles. The molecule has 10 heavy (non-hydrogen) atoms. The van der Waals surface area contributed by atoms with Crippen molar-refractivity contribution in [3.05, 3.63) is 0 Å². The molecule has 0 spiro atoms. The largest absolute Gasteiger partial charge is 0.490 e. The Balaban J connectivity index is 0. The molecule has 0 bridgehead atoms. The average Bonchev–Trinajstić information content (AvgIpc) is 1.64. The molecule has 0 rings (SSSR count). The van der Waals surface area contributed by atoms with Crippen LogP contribution in [0.4, 0.5) is 13.2 Å². The molecule has 0 aromatic carbocycles. The average molecular weight is 158 g/mol. The van der Waals surface area contributed by atoms with Crippen molar-refractivity contribution in [2.45, 2.75) is 26.4 Å². The van der Waals surface area contributed by atoms with Crippen LogP contribution >= 0.6 is 0 Å². The maximum atomic E-state index is 10.6. The van der Waals surface area contributed by atoms with Crippen molar-refractivity contribution in [3.8, 4) is 0 Å². The fraction of sp³-hybridized carbons (Fsp3) is 0.800. The van der Waals surface area contributed by atoms with Crippen molar-refractivity contribution < 1.29 is 23.1 Å². The summed E-state index contributed by atoms with van der Waals surface area (Å²) < 4.78 is 31.7. The lowest BCUT2D eigenvalue weighted by atomic mass is 10.6. The van der Waals surface area contributed by atoms with Gasteiger partial charge in [0.2, 0.25) is 0 Å². The zero-order chi connectivity index (χ0) is 8.78. The summed E-state index contributed by atoms with van der Waals surface area (Å²) in [6.07, 6.45) is -3.83. The molecule has 0 aromatic rings. The summed E-state index contributed by atoms with van der Waals surface area (Å²) in [7, 11) is 0. The van der Waals surface area contributed by atoms with Gasteiger partial charge in [-0.2, -0.15) is 13.2 Å². The maximum absolute atomic E-state index is 10.6. The van der Waals surface area contributed by atoms with Crippen LogP contribution in [0.25, 0.3) is 0 Å². The summed E-state index contributed by atoms with van der Waals surface area (Å²) in [4.78, 5) is 8.90. The van der Waals surface area contributed by atoms with Crippen LogP contribution in [0, 0.1) is 0 Å². The zero-order valence-corrected chi connectivity index (χ0v) is 5.70. The Bertz CT molecular complexity index is 97.6. The number of hydrogen-bond donors (Lipinski definition) is 1. The molecule has 1 N–H and O–H groups in total. The first-order valence-corrected chi connectivity index (χ1v) is 2.66. The van der Waals surface area contributed by atoms with E-state index in [2.05, 4.69) is 13.8 Å². The van der Waals surface area contributed by atoms with Gasteiger partial charge in [-0.1, -0.05) is 20.3 Å². The van der Waals surface area contributed by atoms with Gasteiger partial charge < -0.3 is 5.11 Å². The molecule has 0 fully saturated rings. The summed E-state index contributed by atoms with van der Waals surface area (Å²) in [6.45, 7) is 4.25. The third kappa shape index (κ3) is 10.3. The van der Waals surface area contributed by atoms with Gasteiger partial charge >= 0.3 is 12.1 Å². The Morgan fingerprint density at radius 2 is 1.50 bits per heavy atom. The van der Waals surface area contributed by atoms with E-state index in [-0.39, 0.29) is 0 Å². The van der Waals surface area contributed by atoms with Gasteiger partial charge in [0.05, 0.1) is 0 Å². The van der Waals surface area contributed by atoms with Crippen LogP contribution in [-0.4, -0.2) is 17.3 Å². The van der Waals surface area contributed by atoms with Gasteiger partial charge in [-0.15, -0.1) is 0 Å². The Hall–Kier alpha value is -0.740. The topological polar surface area (TPSA) is 37.3 Å². The van der Waals surface area contributed by atoms with Gasteiger partial charge in [0.15, 0.2) is 0 Å². The molecule has 0 heterocycles. The van der Waals surface area contributed by atoms with Crippen molar-refractivity contribution in [3.63, 3.8) is 0 Å². The molecule has 0 unspecified atom stereocenters. The lowest BCUT2D eigenvalue weighted by molar-refractivity contribution is -0.192. The van der Waals surface area contributed by atoms with E-state index in [1.54, 1.807) is 0 Å². The highest BCUT2D eigenvalue weighted by molar-refractivity contribution is 5.73. The molecule has 0 atom stereocenters. The van der Waals surface area contributed by atoms with Gasteiger partial charge in [-0.25, -0.2) is 4.79 Å². The highest BCUT2D eigenvalue weighted by Gasteiger charge is 2.38. The van der Waals surface area contributed by atoms with Crippen molar-refractivity contribution in [2.24, 2.45) is 0 Å². The molecule has 0 amide bonds. The summed E-state index contributed by atoms with van der Waals surface area (Å²) in [5, 5.41) is 7.12. The monoisotopic (exact) mass is 158 g/mol. The van der Waals surface area contributed by atoms with Gasteiger partial charge in [-0.05, 0) is 0 Å². The Morgan fingerprint density at radius 1 is 1.40 bits per heavy atom. The summed E-state index contributed by atoms with van der Waals surface area (Å²) in [5.41, 5.74) is 0. The molecule has 0 aliphatic heterocycles. The van der Waals surface area contributed by atoms with Crippen LogP contribution in [0.1, 0.15) is 20.3 Å². The van der Waals surface area contributed by atoms with Gasteiger partial charge in [0.25, 0.3) is 0 Å². The minimum Gasteiger partial charge on any atom is -0.475 e. The number of aliphatic carboxylic acids is 1. The smallest absolute Gasteiger partial charge is 0.475 e. The SMILES string of the molecule is CCC.O=C(O)C(F)(F)F. The van der Waals surface area contributed by atoms with Crippen molar-refractivity contribution in [2.75, 3.05) is 0 Å². The van der Waals surface area contributed by atoms with Crippen LogP contribution in [0.5, 0.6) is 0 Å². The number of halogens is 3. The normalized spacial score (nSPS) is 9.70. The second-order valence-corrected chi connectivity index (χ2v) is 1.51. The molecule has 0 saturated heterocycles. The standard InChI is InChI=1S/C3H8.C2HF3O2/c1-3-2;3-2(4,5)1(6)7/h3H2,1-2H3;(H,6,7). The number of carboxylic acids is 1. The molecule has 0 saturated carbocycles. The lowest BCUT2D eigenvalue weighted by Crippen LogP contribution is -2.21. The molecule has 2 nitrogen and oxygen atoms in total. The first-order valence-electron chi connectivity index (χ1n) is 2.66. The quantitative estimate of drug-likeness (QED) is 0.585. The fourth-order valence-corrected chi connectivity index (χ4v) is 0. The van der Waals surface area contributed by atoms with E-state index in [1.807, 2.05) is 0 Å². The van der Waals surface area contributed by atoms with Crippen LogP contribution in [0.15, 0.2) is 0 Å². The molecule has 5 heteroatoms. The van der Waals surface area contributed by atoms with Crippen LogP contribution in [0.3, 0.4) is 0 Å². The van der Waals surface area contributed by atoms with Crippen molar-refractivity contribution in [1.29, 1.82) is 0 Å². The molecular weight excluding hydrogens is 149 g/mol. The van der Waals surface area contributed by atoms with Crippen LogP contribution in [0.2, 0.25) is 0 Å². The first-order chi connectivity index (χ1) is 4.36. The second-order valence-electron chi connectivity index (χ2n) is 1.51. The van der Waals surface area contributed by atoms with E-state index >= 15 is 0 Å². The summed E-state index contributed by atoms with van der Waals surface area (Å²) in [5.74, 6) is -2.76. The van der Waals surface area contributed by atoms with E-state index < -0.39 is 12.1 Å². The van der Waals surface area contributed by atoms with E-state index in [4.69, 9.17) is 9.90 Å². The minimum atomic E-state index is -5.08. The van der Waals surface area contributed by atoms with Gasteiger partial charge in [0.1, 0.15) is 0 Å². The Labute approximate surface area is 56.7 Å². The van der Waals surface area contributed by atoms with E-state index in [0.29, 0.717) is 0 Å². The lowest BCUT2D eigenvalue weighted by Gasteiger charge is -1.93. The molecule has 0 aliphatic carbocycles. The number of carboxylic acid groups (broad SMARTS) is 1.